The Balaban J connectivity index is 2.90. The molecule has 9 nitrogen and oxygen atoms in total. The van der Waals surface area contributed by atoms with Gasteiger partial charge in [-0.15, -0.1) is 0 Å². The molecule has 1 amide bonds. The number of nitro groups is 1. The highest BCUT2D eigenvalue weighted by Crippen LogP contribution is 2.19. The number of amides is 1. The quantitative estimate of drug-likeness (QED) is 0.436. The molecule has 9 heteroatoms. The zero-order valence-corrected chi connectivity index (χ0v) is 11.2. The van der Waals surface area contributed by atoms with Crippen LogP contribution in [-0.4, -0.2) is 38.2 Å². The lowest BCUT2D eigenvalue weighted by atomic mass is 10.3. The van der Waals surface area contributed by atoms with Crippen molar-refractivity contribution in [1.29, 1.82) is 0 Å². The number of carboxylic acids is 1. The first-order valence-corrected chi connectivity index (χ1v) is 6.13. The van der Waals surface area contributed by atoms with Crippen molar-refractivity contribution in [3.8, 4) is 0 Å². The third-order valence-electron chi connectivity index (χ3n) is 2.72. The fraction of sp³-hybridized carbons (Fsp3) is 0.545. The van der Waals surface area contributed by atoms with Gasteiger partial charge in [0, 0.05) is 6.54 Å². The maximum atomic E-state index is 11.8. The molecule has 2 N–H and O–H groups in total. The summed E-state index contributed by atoms with van der Waals surface area (Å²) in [6.07, 6.45) is 2.69. The average Bonchev–Trinajstić information content (AvgIpc) is 2.83. The third kappa shape index (κ3) is 3.53. The molecule has 20 heavy (non-hydrogen) atoms. The first-order valence-electron chi connectivity index (χ1n) is 6.13. The molecule has 0 radical (unpaired) electrons. The van der Waals surface area contributed by atoms with Gasteiger partial charge in [-0.05, 0) is 13.3 Å². The van der Waals surface area contributed by atoms with E-state index in [0.29, 0.717) is 6.54 Å². The number of aromatic nitrogens is 2. The monoisotopic (exact) mass is 284 g/mol. The molecule has 0 saturated heterocycles. The Morgan fingerprint density at radius 2 is 2.25 bits per heavy atom. The number of hydrogen-bond acceptors (Lipinski definition) is 5. The maximum absolute atomic E-state index is 11.8. The second-order valence-corrected chi connectivity index (χ2v) is 4.23. The number of nitrogens with zero attached hydrogens (tertiary/aromatic N) is 3. The molecule has 0 spiro atoms. The molecule has 0 saturated carbocycles. The van der Waals surface area contributed by atoms with Crippen LogP contribution in [0.4, 0.5) is 5.69 Å². The van der Waals surface area contributed by atoms with Gasteiger partial charge in [-0.3, -0.25) is 19.6 Å². The van der Waals surface area contributed by atoms with E-state index in [1.807, 2.05) is 6.92 Å². The predicted molar refractivity (Wildman–Crippen MR) is 68.5 cm³/mol. The van der Waals surface area contributed by atoms with Crippen LogP contribution in [0, 0.1) is 10.1 Å². The molecular weight excluding hydrogens is 268 g/mol. The van der Waals surface area contributed by atoms with Crippen molar-refractivity contribution in [3.05, 3.63) is 22.0 Å². The van der Waals surface area contributed by atoms with E-state index in [9.17, 15) is 19.7 Å². The second-order valence-electron chi connectivity index (χ2n) is 4.23. The van der Waals surface area contributed by atoms with E-state index in [0.717, 1.165) is 23.7 Å². The minimum Gasteiger partial charge on any atom is -0.476 e. The van der Waals surface area contributed by atoms with Gasteiger partial charge >= 0.3 is 11.7 Å². The Kier molecular flexibility index (Phi) is 5.18. The average molecular weight is 284 g/mol. The van der Waals surface area contributed by atoms with Crippen LogP contribution in [0.15, 0.2) is 6.20 Å². The van der Waals surface area contributed by atoms with Gasteiger partial charge in [-0.2, -0.15) is 5.10 Å². The van der Waals surface area contributed by atoms with Gasteiger partial charge < -0.3 is 10.4 Å². The van der Waals surface area contributed by atoms with E-state index in [4.69, 9.17) is 5.11 Å². The third-order valence-corrected chi connectivity index (χ3v) is 2.72. The van der Waals surface area contributed by atoms with Crippen molar-refractivity contribution in [3.63, 3.8) is 0 Å². The Hall–Kier alpha value is -2.45. The molecule has 1 aromatic rings. The number of carboxylic acid groups (broad SMARTS) is 1. The molecule has 0 aliphatic heterocycles. The number of carbonyl (C=O) groups is 2. The zero-order valence-electron chi connectivity index (χ0n) is 11.2. The molecule has 1 aromatic heterocycles. The van der Waals surface area contributed by atoms with Gasteiger partial charge in [0.1, 0.15) is 12.2 Å². The van der Waals surface area contributed by atoms with Gasteiger partial charge in [0.05, 0.1) is 4.92 Å². The van der Waals surface area contributed by atoms with E-state index in [1.54, 1.807) is 0 Å². The van der Waals surface area contributed by atoms with Crippen molar-refractivity contribution in [2.45, 2.75) is 32.7 Å². The molecular formula is C11H16N4O5. The highest BCUT2D eigenvalue weighted by Gasteiger charge is 2.28. The fourth-order valence-corrected chi connectivity index (χ4v) is 1.52. The SMILES string of the molecule is CCCCNC(=O)C(C)n1cc([N+](=O)[O-])c(C(=O)O)n1. The van der Waals surface area contributed by atoms with Crippen LogP contribution in [0.2, 0.25) is 0 Å². The summed E-state index contributed by atoms with van der Waals surface area (Å²) < 4.78 is 0.989. The largest absolute Gasteiger partial charge is 0.476 e. The molecule has 0 bridgehead atoms. The van der Waals surface area contributed by atoms with Crippen LogP contribution in [0.3, 0.4) is 0 Å². The Bertz CT molecular complexity index is 493. The molecule has 0 aliphatic carbocycles. The molecule has 1 atom stereocenters. The molecule has 1 unspecified atom stereocenters. The summed E-state index contributed by atoms with van der Waals surface area (Å²) in [6.45, 7) is 3.96. The van der Waals surface area contributed by atoms with Crippen LogP contribution in [0.1, 0.15) is 43.2 Å². The van der Waals surface area contributed by atoms with Gasteiger partial charge in [0.25, 0.3) is 0 Å². The molecule has 1 heterocycles. The number of rotatable bonds is 7. The van der Waals surface area contributed by atoms with Gasteiger partial charge in [0.15, 0.2) is 0 Å². The standard InChI is InChI=1S/C11H16N4O5/c1-3-4-5-12-10(16)7(2)14-6-8(15(19)20)9(13-14)11(17)18/h6-7H,3-5H2,1-2H3,(H,12,16)(H,17,18). The van der Waals surface area contributed by atoms with E-state index in [2.05, 4.69) is 10.4 Å². The van der Waals surface area contributed by atoms with E-state index in [1.165, 1.54) is 6.92 Å². The summed E-state index contributed by atoms with van der Waals surface area (Å²) in [4.78, 5) is 32.5. The van der Waals surface area contributed by atoms with Crippen LogP contribution < -0.4 is 5.32 Å². The smallest absolute Gasteiger partial charge is 0.363 e. The summed E-state index contributed by atoms with van der Waals surface area (Å²) in [6, 6.07) is -0.821. The van der Waals surface area contributed by atoms with Gasteiger partial charge in [0.2, 0.25) is 11.6 Å². The van der Waals surface area contributed by atoms with Crippen molar-refractivity contribution in [1.82, 2.24) is 15.1 Å². The molecule has 0 aromatic carbocycles. The summed E-state index contributed by atoms with van der Waals surface area (Å²) in [5, 5.41) is 25.8. The Labute approximate surface area is 114 Å². The molecule has 110 valence electrons. The number of carbonyl (C=O) groups excluding carboxylic acids is 1. The number of hydrogen-bond donors (Lipinski definition) is 2. The van der Waals surface area contributed by atoms with Gasteiger partial charge in [-0.25, -0.2) is 4.79 Å². The summed E-state index contributed by atoms with van der Waals surface area (Å²) in [5.41, 5.74) is -1.31. The van der Waals surface area contributed by atoms with E-state index < -0.39 is 28.3 Å². The number of aromatic carboxylic acids is 1. The van der Waals surface area contributed by atoms with Crippen LogP contribution >= 0.6 is 0 Å². The summed E-state index contributed by atoms with van der Waals surface area (Å²) in [5.74, 6) is -1.87. The second kappa shape index (κ2) is 6.64. The zero-order chi connectivity index (χ0) is 15.3. The van der Waals surface area contributed by atoms with E-state index in [-0.39, 0.29) is 5.91 Å². The number of nitrogens with one attached hydrogen (secondary N) is 1. The Morgan fingerprint density at radius 1 is 1.60 bits per heavy atom. The maximum Gasteiger partial charge on any atom is 0.363 e. The molecule has 1 rings (SSSR count). The Morgan fingerprint density at radius 3 is 2.70 bits per heavy atom. The van der Waals surface area contributed by atoms with E-state index >= 15 is 0 Å². The van der Waals surface area contributed by atoms with Gasteiger partial charge in [-0.1, -0.05) is 13.3 Å². The lowest BCUT2D eigenvalue weighted by molar-refractivity contribution is -0.385. The first kappa shape index (κ1) is 15.6. The highest BCUT2D eigenvalue weighted by molar-refractivity contribution is 5.90. The topological polar surface area (TPSA) is 127 Å². The van der Waals surface area contributed by atoms with Crippen LogP contribution in [0.5, 0.6) is 0 Å². The molecule has 0 fully saturated rings. The fourth-order valence-electron chi connectivity index (χ4n) is 1.52. The number of unbranched alkanes of at least 4 members (excludes halogenated alkanes) is 1. The normalized spacial score (nSPS) is 11.9. The highest BCUT2D eigenvalue weighted by atomic mass is 16.6. The summed E-state index contributed by atoms with van der Waals surface area (Å²) >= 11 is 0. The van der Waals surface area contributed by atoms with Crippen molar-refractivity contribution in [2.24, 2.45) is 0 Å². The lowest BCUT2D eigenvalue weighted by Gasteiger charge is -2.11. The summed E-state index contributed by atoms with van der Waals surface area (Å²) in [7, 11) is 0. The minimum atomic E-state index is -1.51. The predicted octanol–water partition coefficient (Wildman–Crippen LogP) is 0.967. The van der Waals surface area contributed by atoms with Crippen LogP contribution in [-0.2, 0) is 4.79 Å². The van der Waals surface area contributed by atoms with Crippen molar-refractivity contribution < 1.29 is 19.6 Å². The van der Waals surface area contributed by atoms with Crippen LogP contribution in [0.25, 0.3) is 0 Å². The molecule has 0 aliphatic rings. The van der Waals surface area contributed by atoms with Crippen molar-refractivity contribution >= 4 is 17.6 Å². The minimum absolute atomic E-state index is 0.368. The first-order chi connectivity index (χ1) is 9.38. The van der Waals surface area contributed by atoms with Crippen molar-refractivity contribution in [2.75, 3.05) is 6.54 Å². The lowest BCUT2D eigenvalue weighted by Crippen LogP contribution is -2.32.